The molecule has 6 aromatic rings. The maximum absolute atomic E-state index is 8.86. The van der Waals surface area contributed by atoms with Crippen molar-refractivity contribution < 1.29 is 15.0 Å². The molecule has 0 N–H and O–H groups in total. The third kappa shape index (κ3) is 5.30. The van der Waals surface area contributed by atoms with Gasteiger partial charge in [0.05, 0.1) is 0 Å². The van der Waals surface area contributed by atoms with Crippen LogP contribution in [-0.2, 0) is 15.0 Å². The molecule has 6 aromatic carbocycles. The van der Waals surface area contributed by atoms with Crippen LogP contribution in [0.25, 0.3) is 56.0 Å². The van der Waals surface area contributed by atoms with Crippen LogP contribution >= 0.6 is 17.0 Å². The van der Waals surface area contributed by atoms with Gasteiger partial charge < -0.3 is 0 Å². The Morgan fingerprint density at radius 2 is 0.923 bits per heavy atom. The number of hydrogen-bond acceptors (Lipinski definition) is 0. The SMILES string of the molecule is Cc1ccc2ccccc2c1-c1cccc2c1C=C(C(C)C)[CH]2[Zr]([Cl])([Cl])([CH]1C(C(C)C)=Cc2c(-c3c(C)ccc4ccccc34)cccc21)=[Si](C)C. The van der Waals surface area contributed by atoms with Crippen molar-refractivity contribution in [1.82, 2.24) is 0 Å². The Kier molecular flexibility index (Phi) is 9.06. The quantitative estimate of drug-likeness (QED) is 0.147. The van der Waals surface area contributed by atoms with Crippen LogP contribution in [0.2, 0.25) is 13.1 Å². The molecule has 0 bridgehead atoms. The summed E-state index contributed by atoms with van der Waals surface area (Å²) in [7, 11) is 17.7. The fourth-order valence-electron chi connectivity index (χ4n) is 9.69. The monoisotopic (exact) mass is 812 g/mol. The van der Waals surface area contributed by atoms with E-state index in [2.05, 4.69) is 176 Å². The first kappa shape index (κ1) is 36.0. The summed E-state index contributed by atoms with van der Waals surface area (Å²) in [4.78, 5) is 0. The number of hydrogen-bond donors (Lipinski definition) is 0. The zero-order valence-corrected chi connectivity index (χ0v) is 36.6. The van der Waals surface area contributed by atoms with E-state index < -0.39 is 20.4 Å². The van der Waals surface area contributed by atoms with Crippen molar-refractivity contribution >= 4 is 56.2 Å². The first-order chi connectivity index (χ1) is 24.8. The Balaban J connectivity index is 1.41. The van der Waals surface area contributed by atoms with Crippen molar-refractivity contribution in [3.8, 4) is 22.3 Å². The van der Waals surface area contributed by atoms with E-state index in [1.54, 1.807) is 0 Å². The Bertz CT molecular complexity index is 2420. The summed E-state index contributed by atoms with van der Waals surface area (Å²) < 4.78 is 0.0554. The van der Waals surface area contributed by atoms with Crippen molar-refractivity contribution in [2.45, 2.75) is 61.9 Å². The van der Waals surface area contributed by atoms with Gasteiger partial charge in [0.15, 0.2) is 0 Å². The van der Waals surface area contributed by atoms with Gasteiger partial charge in [0.1, 0.15) is 0 Å². The van der Waals surface area contributed by atoms with Crippen LogP contribution in [0.1, 0.15) is 68.3 Å². The molecule has 0 saturated carbocycles. The Labute approximate surface area is 318 Å². The second kappa shape index (κ2) is 13.1. The van der Waals surface area contributed by atoms with Crippen LogP contribution in [-0.4, -0.2) is 5.43 Å². The van der Waals surface area contributed by atoms with Gasteiger partial charge >= 0.3 is 321 Å². The molecule has 2 aliphatic rings. The third-order valence-electron chi connectivity index (χ3n) is 12.4. The van der Waals surface area contributed by atoms with Crippen LogP contribution in [0.4, 0.5) is 0 Å². The molecule has 0 spiro atoms. The van der Waals surface area contributed by atoms with Crippen molar-refractivity contribution in [3.63, 3.8) is 0 Å². The van der Waals surface area contributed by atoms with Gasteiger partial charge in [-0.2, -0.15) is 0 Å². The molecule has 262 valence electrons. The molecule has 2 unspecified atom stereocenters. The summed E-state index contributed by atoms with van der Waals surface area (Å²) in [5.74, 6) is 0.616. The molecule has 0 nitrogen and oxygen atoms in total. The number of halogens is 2. The normalized spacial score (nSPS) is 17.2. The molecule has 0 saturated heterocycles. The van der Waals surface area contributed by atoms with E-state index in [9.17, 15) is 0 Å². The number of fused-ring (bicyclic) bond motifs is 4. The number of allylic oxidation sites excluding steroid dienone is 2. The average Bonchev–Trinajstić information content (AvgIpc) is 3.74. The molecular weight excluding hydrogens is 767 g/mol. The summed E-state index contributed by atoms with van der Waals surface area (Å²) in [5.41, 5.74) is 14.7. The van der Waals surface area contributed by atoms with Gasteiger partial charge in [0.2, 0.25) is 0 Å². The number of benzene rings is 6. The summed E-state index contributed by atoms with van der Waals surface area (Å²) in [6.45, 7) is 18.7. The fraction of sp³-hybridized carbons (Fsp3) is 0.250. The molecule has 0 heterocycles. The molecule has 0 aromatic heterocycles. The first-order valence-electron chi connectivity index (χ1n) is 18.9. The van der Waals surface area contributed by atoms with E-state index in [0.717, 1.165) is 0 Å². The van der Waals surface area contributed by atoms with E-state index >= 15 is 0 Å². The Morgan fingerprint density at radius 3 is 1.31 bits per heavy atom. The molecule has 52 heavy (non-hydrogen) atoms. The van der Waals surface area contributed by atoms with Gasteiger partial charge in [-0.3, -0.25) is 0 Å². The zero-order chi connectivity index (χ0) is 36.7. The van der Waals surface area contributed by atoms with E-state index in [-0.39, 0.29) is 7.25 Å². The van der Waals surface area contributed by atoms with Crippen LogP contribution in [0.15, 0.2) is 120 Å². The minimum absolute atomic E-state index is 0.0277. The van der Waals surface area contributed by atoms with Gasteiger partial charge in [0, 0.05) is 0 Å². The molecule has 4 heteroatoms. The summed E-state index contributed by atoms with van der Waals surface area (Å²) in [5, 5.41) is 5.12. The number of rotatable bonds is 6. The molecule has 8 rings (SSSR count). The fourth-order valence-corrected chi connectivity index (χ4v) is 38.8. The molecule has 0 fully saturated rings. The van der Waals surface area contributed by atoms with E-state index in [1.807, 2.05) is 0 Å². The van der Waals surface area contributed by atoms with Crippen LogP contribution in [0.3, 0.4) is 0 Å². The average molecular weight is 815 g/mol. The molecule has 0 radical (unpaired) electrons. The van der Waals surface area contributed by atoms with Gasteiger partial charge in [-0.15, -0.1) is 0 Å². The number of aryl methyl sites for hydroxylation is 2. The zero-order valence-electron chi connectivity index (χ0n) is 31.6. The van der Waals surface area contributed by atoms with Gasteiger partial charge in [-0.05, 0) is 0 Å². The summed E-state index contributed by atoms with van der Waals surface area (Å²) in [6.07, 6.45) is 5.02. The minimum atomic E-state index is -5.03. The van der Waals surface area contributed by atoms with Crippen LogP contribution in [0.5, 0.6) is 0 Å². The van der Waals surface area contributed by atoms with Crippen LogP contribution in [0, 0.1) is 25.7 Å². The van der Waals surface area contributed by atoms with E-state index in [0.29, 0.717) is 11.8 Å². The van der Waals surface area contributed by atoms with Gasteiger partial charge in [0.25, 0.3) is 0 Å². The maximum atomic E-state index is 8.86. The van der Waals surface area contributed by atoms with E-state index in [1.165, 1.54) is 88.3 Å². The first-order valence-corrected chi connectivity index (χ1v) is 34.2. The predicted molar refractivity (Wildman–Crippen MR) is 229 cm³/mol. The molecular formula is C48H48Cl2SiZr. The van der Waals surface area contributed by atoms with Gasteiger partial charge in [-0.1, -0.05) is 0 Å². The second-order valence-corrected chi connectivity index (χ2v) is 55.0. The van der Waals surface area contributed by atoms with E-state index in [4.69, 9.17) is 17.0 Å². The van der Waals surface area contributed by atoms with Crippen molar-refractivity contribution in [2.24, 2.45) is 11.8 Å². The molecule has 0 amide bonds. The van der Waals surface area contributed by atoms with Crippen molar-refractivity contribution in [3.05, 3.63) is 154 Å². The van der Waals surface area contributed by atoms with Gasteiger partial charge in [-0.25, -0.2) is 0 Å². The predicted octanol–water partition coefficient (Wildman–Crippen LogP) is 15.1. The summed E-state index contributed by atoms with van der Waals surface area (Å²) in [6, 6.07) is 40.5. The van der Waals surface area contributed by atoms with Crippen molar-refractivity contribution in [2.75, 3.05) is 0 Å². The third-order valence-corrected chi connectivity index (χ3v) is 58.7. The summed E-state index contributed by atoms with van der Waals surface area (Å²) >= 11 is -5.03. The topological polar surface area (TPSA) is 0 Å². The Hall–Kier alpha value is -3.00. The molecule has 0 aliphatic heterocycles. The second-order valence-electron chi connectivity index (χ2n) is 16.2. The Morgan fingerprint density at radius 1 is 0.519 bits per heavy atom. The van der Waals surface area contributed by atoms with Crippen molar-refractivity contribution in [1.29, 1.82) is 0 Å². The van der Waals surface area contributed by atoms with Crippen LogP contribution < -0.4 is 0 Å². The molecule has 2 aliphatic carbocycles. The molecule has 2 atom stereocenters. The standard InChI is InChI=1S/2C23H21.C2H6Si.2ClH.Zr/c2*1-15(2)19-13-18-8-6-10-21(22(18)14-19)23-16(3)11-12-17-7-4-5-9-20(17)23;1-3-2;;;/h2*4-15H,1-3H3;1-2H3;2*1H;/q;;;;;+2/p-2.